The van der Waals surface area contributed by atoms with E-state index in [1.165, 1.54) is 0 Å². The first-order valence-corrected chi connectivity index (χ1v) is 9.52. The van der Waals surface area contributed by atoms with Crippen LogP contribution in [-0.4, -0.2) is 42.9 Å². The molecule has 1 atom stereocenters. The lowest BCUT2D eigenvalue weighted by Gasteiger charge is -2.29. The third kappa shape index (κ3) is 3.66. The maximum atomic E-state index is 5.91. The van der Waals surface area contributed by atoms with Crippen LogP contribution >= 0.6 is 0 Å². The lowest BCUT2D eigenvalue weighted by Crippen LogP contribution is -2.34. The highest BCUT2D eigenvalue weighted by atomic mass is 16.5. The molecule has 0 N–H and O–H groups in total. The fraction of sp³-hybridized carbons (Fsp3) is 0.579. The molecule has 0 aromatic carbocycles. The SMILES string of the molecule is Cc1ccc(-c2nnc(CN3CCC[C@@H](c4nc(C(C)C)no4)C3)o2)n1C. The average molecular weight is 370 g/mol. The average Bonchev–Trinajstić information content (AvgIpc) is 3.37. The summed E-state index contributed by atoms with van der Waals surface area (Å²) >= 11 is 0. The number of hydrogen-bond donors (Lipinski definition) is 0. The van der Waals surface area contributed by atoms with Crippen LogP contribution in [0.5, 0.6) is 0 Å². The lowest BCUT2D eigenvalue weighted by molar-refractivity contribution is 0.167. The van der Waals surface area contributed by atoms with Crippen LogP contribution in [0.15, 0.2) is 21.1 Å². The van der Waals surface area contributed by atoms with Gasteiger partial charge in [-0.2, -0.15) is 4.98 Å². The van der Waals surface area contributed by atoms with Crippen molar-refractivity contribution in [2.75, 3.05) is 13.1 Å². The number of likely N-dealkylation sites (tertiary alicyclic amines) is 1. The molecule has 144 valence electrons. The van der Waals surface area contributed by atoms with Crippen LogP contribution in [0.1, 0.15) is 61.8 Å². The molecule has 8 nitrogen and oxygen atoms in total. The maximum absolute atomic E-state index is 5.91. The molecule has 0 bridgehead atoms. The van der Waals surface area contributed by atoms with Gasteiger partial charge in [-0.3, -0.25) is 4.90 Å². The number of nitrogens with zero attached hydrogens (tertiary/aromatic N) is 6. The summed E-state index contributed by atoms with van der Waals surface area (Å²) in [5.41, 5.74) is 2.10. The van der Waals surface area contributed by atoms with Crippen molar-refractivity contribution < 1.29 is 8.94 Å². The fourth-order valence-corrected chi connectivity index (χ4v) is 3.49. The minimum Gasteiger partial charge on any atom is -0.418 e. The van der Waals surface area contributed by atoms with E-state index in [1.807, 2.05) is 19.2 Å². The molecule has 4 rings (SSSR count). The van der Waals surface area contributed by atoms with E-state index >= 15 is 0 Å². The molecule has 3 aromatic rings. The van der Waals surface area contributed by atoms with Crippen molar-refractivity contribution in [2.45, 2.75) is 52.0 Å². The van der Waals surface area contributed by atoms with Gasteiger partial charge in [-0.1, -0.05) is 19.0 Å². The Morgan fingerprint density at radius 2 is 2.11 bits per heavy atom. The summed E-state index contributed by atoms with van der Waals surface area (Å²) in [7, 11) is 2.00. The van der Waals surface area contributed by atoms with Gasteiger partial charge in [0.1, 0.15) is 5.69 Å². The van der Waals surface area contributed by atoms with Gasteiger partial charge in [0.05, 0.1) is 12.5 Å². The van der Waals surface area contributed by atoms with E-state index in [9.17, 15) is 0 Å². The van der Waals surface area contributed by atoms with E-state index in [0.29, 0.717) is 18.3 Å². The number of aryl methyl sites for hydroxylation is 1. The largest absolute Gasteiger partial charge is 0.418 e. The Bertz CT molecular complexity index is 909. The van der Waals surface area contributed by atoms with Gasteiger partial charge in [0, 0.05) is 25.2 Å². The van der Waals surface area contributed by atoms with Gasteiger partial charge in [-0.05, 0) is 38.4 Å². The van der Waals surface area contributed by atoms with E-state index in [1.54, 1.807) is 0 Å². The molecule has 8 heteroatoms. The standard InChI is InChI=1S/C19H26N6O2/c1-12(2)17-20-18(27-23-17)14-6-5-9-25(10-14)11-16-21-22-19(26-16)15-8-7-13(3)24(15)4/h7-8,12,14H,5-6,9-11H2,1-4H3/t14-/m1/s1. The minimum absolute atomic E-state index is 0.261. The first-order chi connectivity index (χ1) is 13.0. The Hall–Kier alpha value is -2.48. The van der Waals surface area contributed by atoms with Crippen LogP contribution in [0.2, 0.25) is 0 Å². The maximum Gasteiger partial charge on any atom is 0.264 e. The van der Waals surface area contributed by atoms with Gasteiger partial charge in [0.25, 0.3) is 5.89 Å². The van der Waals surface area contributed by atoms with Gasteiger partial charge in [0.2, 0.25) is 11.8 Å². The van der Waals surface area contributed by atoms with Crippen molar-refractivity contribution in [3.63, 3.8) is 0 Å². The number of piperidine rings is 1. The summed E-state index contributed by atoms with van der Waals surface area (Å²) in [6.45, 7) is 8.70. The van der Waals surface area contributed by atoms with Crippen molar-refractivity contribution >= 4 is 0 Å². The van der Waals surface area contributed by atoms with Crippen LogP contribution in [-0.2, 0) is 13.6 Å². The van der Waals surface area contributed by atoms with Crippen LogP contribution in [0.3, 0.4) is 0 Å². The van der Waals surface area contributed by atoms with Gasteiger partial charge >= 0.3 is 0 Å². The van der Waals surface area contributed by atoms with E-state index < -0.39 is 0 Å². The zero-order valence-corrected chi connectivity index (χ0v) is 16.3. The van der Waals surface area contributed by atoms with E-state index in [2.05, 4.69) is 50.6 Å². The minimum atomic E-state index is 0.261. The van der Waals surface area contributed by atoms with Crippen LogP contribution in [0.4, 0.5) is 0 Å². The highest BCUT2D eigenvalue weighted by molar-refractivity contribution is 5.48. The Balaban J connectivity index is 1.43. The molecule has 0 unspecified atom stereocenters. The summed E-state index contributed by atoms with van der Waals surface area (Å²) in [5.74, 6) is 3.26. The van der Waals surface area contributed by atoms with Gasteiger partial charge in [0.15, 0.2) is 5.82 Å². The zero-order valence-electron chi connectivity index (χ0n) is 16.3. The third-order valence-corrected chi connectivity index (χ3v) is 5.25. The van der Waals surface area contributed by atoms with Crippen molar-refractivity contribution in [1.29, 1.82) is 0 Å². The van der Waals surface area contributed by atoms with Crippen LogP contribution < -0.4 is 0 Å². The second-order valence-electron chi connectivity index (χ2n) is 7.64. The van der Waals surface area contributed by atoms with Gasteiger partial charge < -0.3 is 13.5 Å². The second kappa shape index (κ2) is 7.26. The highest BCUT2D eigenvalue weighted by Gasteiger charge is 2.27. The first kappa shape index (κ1) is 17.9. The summed E-state index contributed by atoms with van der Waals surface area (Å²) in [4.78, 5) is 6.89. The molecule has 0 saturated carbocycles. The first-order valence-electron chi connectivity index (χ1n) is 9.52. The number of hydrogen-bond acceptors (Lipinski definition) is 7. The lowest BCUT2D eigenvalue weighted by atomic mass is 9.98. The van der Waals surface area contributed by atoms with Crippen molar-refractivity contribution in [1.82, 2.24) is 29.8 Å². The molecule has 27 heavy (non-hydrogen) atoms. The number of aromatic nitrogens is 5. The molecule has 3 aromatic heterocycles. The summed E-state index contributed by atoms with van der Waals surface area (Å²) in [5, 5.41) is 12.6. The normalized spacial score (nSPS) is 18.5. The molecule has 0 radical (unpaired) electrons. The molecule has 1 aliphatic heterocycles. The Kier molecular flexibility index (Phi) is 4.82. The topological polar surface area (TPSA) is 86.0 Å². The molecular weight excluding hydrogens is 344 g/mol. The molecule has 0 amide bonds. The summed E-state index contributed by atoms with van der Waals surface area (Å²) < 4.78 is 13.5. The molecule has 0 aliphatic carbocycles. The highest BCUT2D eigenvalue weighted by Crippen LogP contribution is 2.28. The van der Waals surface area contributed by atoms with Crippen LogP contribution in [0.25, 0.3) is 11.6 Å². The van der Waals surface area contributed by atoms with Crippen molar-refractivity contribution in [2.24, 2.45) is 7.05 Å². The van der Waals surface area contributed by atoms with Gasteiger partial charge in [-0.15, -0.1) is 10.2 Å². The summed E-state index contributed by atoms with van der Waals surface area (Å²) in [6.07, 6.45) is 2.15. The predicted molar refractivity (Wildman–Crippen MR) is 99.1 cm³/mol. The fourth-order valence-electron chi connectivity index (χ4n) is 3.49. The molecule has 1 fully saturated rings. The molecule has 4 heterocycles. The monoisotopic (exact) mass is 370 g/mol. The molecule has 1 saturated heterocycles. The summed E-state index contributed by atoms with van der Waals surface area (Å²) in [6, 6.07) is 4.05. The third-order valence-electron chi connectivity index (χ3n) is 5.25. The quantitative estimate of drug-likeness (QED) is 0.681. The Morgan fingerprint density at radius 3 is 2.81 bits per heavy atom. The van der Waals surface area contributed by atoms with Crippen molar-refractivity contribution in [3.8, 4) is 11.6 Å². The Labute approximate surface area is 158 Å². The smallest absolute Gasteiger partial charge is 0.264 e. The Morgan fingerprint density at radius 1 is 1.26 bits per heavy atom. The number of rotatable bonds is 5. The van der Waals surface area contributed by atoms with Crippen LogP contribution in [0, 0.1) is 6.92 Å². The second-order valence-corrected chi connectivity index (χ2v) is 7.64. The molecular formula is C19H26N6O2. The van der Waals surface area contributed by atoms with E-state index in [-0.39, 0.29) is 11.8 Å². The molecule has 0 spiro atoms. The van der Waals surface area contributed by atoms with Gasteiger partial charge in [-0.25, -0.2) is 0 Å². The predicted octanol–water partition coefficient (Wildman–Crippen LogP) is 3.27. The zero-order chi connectivity index (χ0) is 19.0. The molecule has 1 aliphatic rings. The van der Waals surface area contributed by atoms with E-state index in [4.69, 9.17) is 8.94 Å². The van der Waals surface area contributed by atoms with E-state index in [0.717, 1.165) is 49.0 Å². The van der Waals surface area contributed by atoms with Crippen molar-refractivity contribution in [3.05, 3.63) is 35.4 Å².